The van der Waals surface area contributed by atoms with E-state index in [1.54, 1.807) is 0 Å². The maximum Gasteiger partial charge on any atom is 0.262 e. The molecule has 1 amide bonds. The number of rotatable bonds is 6. The molecule has 1 aromatic carbocycles. The second kappa shape index (κ2) is 8.02. The van der Waals surface area contributed by atoms with Crippen molar-refractivity contribution in [2.45, 2.75) is 52.7 Å². The van der Waals surface area contributed by atoms with Crippen molar-refractivity contribution in [2.75, 3.05) is 0 Å². The number of para-hydroxylation sites is 2. The lowest BCUT2D eigenvalue weighted by molar-refractivity contribution is -0.122. The van der Waals surface area contributed by atoms with Crippen LogP contribution in [0.2, 0.25) is 0 Å². The number of amides is 1. The normalized spacial score (nSPS) is 12.7. The Labute approximate surface area is 178 Å². The minimum Gasteiger partial charge on any atom is -0.345 e. The molecule has 1 atom stereocenters. The molecule has 156 valence electrons. The summed E-state index contributed by atoms with van der Waals surface area (Å²) in [4.78, 5) is 36.4. The largest absolute Gasteiger partial charge is 0.345 e. The van der Waals surface area contributed by atoms with Crippen LogP contribution in [0, 0.1) is 0 Å². The van der Waals surface area contributed by atoms with Crippen LogP contribution in [0.1, 0.15) is 50.5 Å². The number of carbonyl (C=O) groups excluding carboxylic acids is 1. The summed E-state index contributed by atoms with van der Waals surface area (Å²) in [6, 6.07) is 9.72. The first-order chi connectivity index (χ1) is 14.4. The van der Waals surface area contributed by atoms with Gasteiger partial charge in [0.05, 0.1) is 28.8 Å². The average molecular weight is 424 g/mol. The Hall–Kier alpha value is -3.00. The molecule has 3 aromatic heterocycles. The van der Waals surface area contributed by atoms with E-state index in [0.29, 0.717) is 10.2 Å². The van der Waals surface area contributed by atoms with Gasteiger partial charge in [0.2, 0.25) is 5.91 Å². The molecule has 0 bridgehead atoms. The molecule has 0 aliphatic heterocycles. The Bertz CT molecular complexity index is 1280. The van der Waals surface area contributed by atoms with E-state index in [4.69, 9.17) is 4.98 Å². The number of thiophene rings is 1. The van der Waals surface area contributed by atoms with Crippen molar-refractivity contribution in [1.82, 2.24) is 24.4 Å². The standard InChI is InChI=1S/C22H25N5O2S/c1-5-15-10-16-21(30-15)23-12-26(22(16)29)11-19(28)24-14(4)20-25-17-8-6-7-9-18(17)27(20)13(2)3/h6-10,12-14H,5,11H2,1-4H3,(H,24,28)/t14-/m1/s1. The quantitative estimate of drug-likeness (QED) is 0.511. The minimum atomic E-state index is -0.299. The Morgan fingerprint density at radius 3 is 2.73 bits per heavy atom. The number of hydrogen-bond donors (Lipinski definition) is 1. The molecule has 4 rings (SSSR count). The van der Waals surface area contributed by atoms with Gasteiger partial charge in [0.15, 0.2) is 0 Å². The number of aromatic nitrogens is 4. The first-order valence-corrected chi connectivity index (χ1v) is 10.9. The van der Waals surface area contributed by atoms with Crippen molar-refractivity contribution in [3.8, 4) is 0 Å². The molecule has 8 heteroatoms. The third-order valence-electron chi connectivity index (χ3n) is 5.14. The third kappa shape index (κ3) is 3.63. The zero-order valence-electron chi connectivity index (χ0n) is 17.5. The molecule has 0 fully saturated rings. The third-order valence-corrected chi connectivity index (χ3v) is 6.32. The maximum atomic E-state index is 12.7. The van der Waals surface area contributed by atoms with Gasteiger partial charge in [-0.2, -0.15) is 0 Å². The Kier molecular flexibility index (Phi) is 5.42. The van der Waals surface area contributed by atoms with E-state index in [0.717, 1.165) is 28.2 Å². The van der Waals surface area contributed by atoms with Gasteiger partial charge in [0, 0.05) is 10.9 Å². The van der Waals surface area contributed by atoms with Crippen LogP contribution >= 0.6 is 11.3 Å². The second-order valence-electron chi connectivity index (χ2n) is 7.67. The lowest BCUT2D eigenvalue weighted by atomic mass is 10.2. The monoisotopic (exact) mass is 423 g/mol. The van der Waals surface area contributed by atoms with Gasteiger partial charge in [-0.05, 0) is 45.4 Å². The second-order valence-corrected chi connectivity index (χ2v) is 8.79. The van der Waals surface area contributed by atoms with Crippen LogP contribution in [0.5, 0.6) is 0 Å². The molecule has 0 aliphatic carbocycles. The van der Waals surface area contributed by atoms with Crippen LogP contribution in [0.25, 0.3) is 21.3 Å². The molecular weight excluding hydrogens is 398 g/mol. The number of carbonyl (C=O) groups is 1. The molecular formula is C22H25N5O2S. The number of benzene rings is 1. The molecule has 0 aliphatic rings. The summed E-state index contributed by atoms with van der Waals surface area (Å²) in [6.45, 7) is 8.07. The highest BCUT2D eigenvalue weighted by Crippen LogP contribution is 2.25. The van der Waals surface area contributed by atoms with Crippen LogP contribution < -0.4 is 10.9 Å². The molecule has 4 aromatic rings. The fourth-order valence-electron chi connectivity index (χ4n) is 3.71. The first-order valence-electron chi connectivity index (χ1n) is 10.1. The summed E-state index contributed by atoms with van der Waals surface area (Å²) in [7, 11) is 0. The molecule has 7 nitrogen and oxygen atoms in total. The van der Waals surface area contributed by atoms with Crippen molar-refractivity contribution in [3.63, 3.8) is 0 Å². The highest BCUT2D eigenvalue weighted by Gasteiger charge is 2.20. The van der Waals surface area contributed by atoms with Gasteiger partial charge in [0.25, 0.3) is 5.56 Å². The van der Waals surface area contributed by atoms with Crippen molar-refractivity contribution < 1.29 is 4.79 Å². The lowest BCUT2D eigenvalue weighted by Crippen LogP contribution is -2.34. The molecule has 0 spiro atoms. The summed E-state index contributed by atoms with van der Waals surface area (Å²) in [5, 5.41) is 3.56. The first kappa shape index (κ1) is 20.3. The molecule has 1 N–H and O–H groups in total. The van der Waals surface area contributed by atoms with Gasteiger partial charge in [-0.3, -0.25) is 14.2 Å². The fraction of sp³-hybridized carbons (Fsp3) is 0.364. The van der Waals surface area contributed by atoms with Crippen LogP contribution in [0.4, 0.5) is 0 Å². The van der Waals surface area contributed by atoms with Crippen molar-refractivity contribution >= 4 is 38.5 Å². The number of hydrogen-bond acceptors (Lipinski definition) is 5. The highest BCUT2D eigenvalue weighted by atomic mass is 32.1. The van der Waals surface area contributed by atoms with Crippen LogP contribution in [0.3, 0.4) is 0 Å². The molecule has 0 saturated heterocycles. The zero-order valence-corrected chi connectivity index (χ0v) is 18.4. The molecule has 0 saturated carbocycles. The van der Waals surface area contributed by atoms with Gasteiger partial charge in [-0.1, -0.05) is 19.1 Å². The van der Waals surface area contributed by atoms with Crippen LogP contribution in [-0.2, 0) is 17.8 Å². The van der Waals surface area contributed by atoms with Crippen molar-refractivity contribution in [3.05, 3.63) is 57.7 Å². The van der Waals surface area contributed by atoms with E-state index in [-0.39, 0.29) is 30.1 Å². The summed E-state index contributed by atoms with van der Waals surface area (Å²) in [5.41, 5.74) is 1.75. The highest BCUT2D eigenvalue weighted by molar-refractivity contribution is 7.18. The number of nitrogens with zero attached hydrogens (tertiary/aromatic N) is 4. The van der Waals surface area contributed by atoms with Gasteiger partial charge in [0.1, 0.15) is 17.2 Å². The number of nitrogens with one attached hydrogen (secondary N) is 1. The SMILES string of the molecule is CCc1cc2c(=O)n(CC(=O)N[C@H](C)c3nc4ccccc4n3C(C)C)cnc2s1. The van der Waals surface area contributed by atoms with Crippen LogP contribution in [0.15, 0.2) is 41.5 Å². The number of aryl methyl sites for hydroxylation is 1. The predicted molar refractivity (Wildman–Crippen MR) is 120 cm³/mol. The van der Waals surface area contributed by atoms with Crippen molar-refractivity contribution in [2.24, 2.45) is 0 Å². The Morgan fingerprint density at radius 2 is 2.00 bits per heavy atom. The van der Waals surface area contributed by atoms with Crippen molar-refractivity contribution in [1.29, 1.82) is 0 Å². The lowest BCUT2D eigenvalue weighted by Gasteiger charge is -2.19. The van der Waals surface area contributed by atoms with E-state index in [1.807, 2.05) is 44.2 Å². The minimum absolute atomic E-state index is 0.0781. The van der Waals surface area contributed by atoms with Gasteiger partial charge in [-0.15, -0.1) is 11.3 Å². The Morgan fingerprint density at radius 1 is 1.23 bits per heavy atom. The Balaban J connectivity index is 1.57. The summed E-state index contributed by atoms with van der Waals surface area (Å²) in [6.07, 6.45) is 2.31. The number of fused-ring (bicyclic) bond motifs is 2. The van der Waals surface area contributed by atoms with Gasteiger partial charge < -0.3 is 9.88 Å². The smallest absolute Gasteiger partial charge is 0.262 e. The van der Waals surface area contributed by atoms with E-state index in [9.17, 15) is 9.59 Å². The number of imidazole rings is 1. The zero-order chi connectivity index (χ0) is 21.4. The maximum absolute atomic E-state index is 12.7. The van der Waals surface area contributed by atoms with E-state index < -0.39 is 0 Å². The van der Waals surface area contributed by atoms with E-state index in [2.05, 4.69) is 28.7 Å². The summed E-state index contributed by atoms with van der Waals surface area (Å²) < 4.78 is 3.50. The topological polar surface area (TPSA) is 81.8 Å². The van der Waals surface area contributed by atoms with Crippen LogP contribution in [-0.4, -0.2) is 25.0 Å². The molecule has 30 heavy (non-hydrogen) atoms. The molecule has 0 unspecified atom stereocenters. The molecule has 3 heterocycles. The van der Waals surface area contributed by atoms with E-state index in [1.165, 1.54) is 22.2 Å². The van der Waals surface area contributed by atoms with E-state index >= 15 is 0 Å². The molecule has 0 radical (unpaired) electrons. The summed E-state index contributed by atoms with van der Waals surface area (Å²) in [5.74, 6) is 0.546. The van der Waals surface area contributed by atoms with Gasteiger partial charge in [-0.25, -0.2) is 9.97 Å². The van der Waals surface area contributed by atoms with Gasteiger partial charge >= 0.3 is 0 Å². The summed E-state index contributed by atoms with van der Waals surface area (Å²) >= 11 is 1.52. The predicted octanol–water partition coefficient (Wildman–Crippen LogP) is 3.83. The average Bonchev–Trinajstić information content (AvgIpc) is 3.32. The fourth-order valence-corrected chi connectivity index (χ4v) is 4.64.